The second-order valence-electron chi connectivity index (χ2n) is 4.41. The number of methoxy groups -OCH3 is 1. The van der Waals surface area contributed by atoms with Crippen molar-refractivity contribution in [3.05, 3.63) is 17.6 Å². The maximum Gasteiger partial charge on any atom is 0.251 e. The zero-order valence-corrected chi connectivity index (χ0v) is 11.5. The molecule has 0 saturated carbocycles. The van der Waals surface area contributed by atoms with Crippen LogP contribution in [0.5, 0.6) is 5.06 Å². The number of ether oxygens (including phenoxy) is 1. The normalized spacial score (nSPS) is 18.9. The van der Waals surface area contributed by atoms with E-state index in [0.717, 1.165) is 10.6 Å². The summed E-state index contributed by atoms with van der Waals surface area (Å²) in [6, 6.07) is 1.39. The Kier molecular flexibility index (Phi) is 3.23. The molecule has 1 saturated heterocycles. The predicted octanol–water partition coefficient (Wildman–Crippen LogP) is 0.993. The Labute approximate surface area is 118 Å². The van der Waals surface area contributed by atoms with Gasteiger partial charge in [0.05, 0.1) is 13.3 Å². The van der Waals surface area contributed by atoms with E-state index in [2.05, 4.69) is 15.6 Å². The minimum atomic E-state index is -0.477. The lowest BCUT2D eigenvalue weighted by Crippen LogP contribution is -2.41. The Balaban J connectivity index is 1.83. The van der Waals surface area contributed by atoms with Crippen LogP contribution in [0.1, 0.15) is 18.9 Å². The average Bonchev–Trinajstić information content (AvgIpc) is 3.07. The van der Waals surface area contributed by atoms with Gasteiger partial charge < -0.3 is 4.74 Å². The van der Waals surface area contributed by atoms with Crippen LogP contribution >= 0.6 is 11.3 Å². The number of thiophene rings is 1. The first kappa shape index (κ1) is 12.8. The van der Waals surface area contributed by atoms with Gasteiger partial charge in [0.25, 0.3) is 5.91 Å². The Morgan fingerprint density at radius 3 is 3.05 bits per heavy atom. The lowest BCUT2D eigenvalue weighted by atomic mass is 10.1. The minimum Gasteiger partial charge on any atom is -0.487 e. The minimum absolute atomic E-state index is 0.242. The van der Waals surface area contributed by atoms with Crippen LogP contribution in [0.2, 0.25) is 0 Å². The molecule has 3 heterocycles. The van der Waals surface area contributed by atoms with Crippen molar-refractivity contribution in [2.45, 2.75) is 18.9 Å². The number of carbonyl (C=O) groups excluding carboxylic acids is 2. The largest absolute Gasteiger partial charge is 0.487 e. The average molecular weight is 292 g/mol. The highest BCUT2D eigenvalue weighted by Crippen LogP contribution is 2.29. The van der Waals surface area contributed by atoms with Gasteiger partial charge in [0.2, 0.25) is 5.91 Å². The molecule has 2 aromatic rings. The van der Waals surface area contributed by atoms with Crippen molar-refractivity contribution in [2.24, 2.45) is 0 Å². The molecule has 20 heavy (non-hydrogen) atoms. The van der Waals surface area contributed by atoms with Gasteiger partial charge in [-0.25, -0.2) is 4.68 Å². The summed E-state index contributed by atoms with van der Waals surface area (Å²) in [7, 11) is 1.61. The molecule has 7 nitrogen and oxygen atoms in total. The molecule has 8 heteroatoms. The summed E-state index contributed by atoms with van der Waals surface area (Å²) in [5, 5.41) is 13.1. The molecule has 2 aromatic heterocycles. The Bertz CT molecular complexity index is 663. The fraction of sp³-hybridized carbons (Fsp3) is 0.333. The number of hydrogen-bond acceptors (Lipinski definition) is 6. The summed E-state index contributed by atoms with van der Waals surface area (Å²) in [6.45, 7) is 0. The van der Waals surface area contributed by atoms with E-state index < -0.39 is 6.04 Å². The van der Waals surface area contributed by atoms with Crippen molar-refractivity contribution in [3.8, 4) is 16.3 Å². The number of hydrogen-bond donors (Lipinski definition) is 1. The second kappa shape index (κ2) is 5.04. The van der Waals surface area contributed by atoms with Gasteiger partial charge in [-0.1, -0.05) is 5.21 Å². The van der Waals surface area contributed by atoms with Gasteiger partial charge in [-0.2, -0.15) is 0 Å². The second-order valence-corrected chi connectivity index (χ2v) is 5.28. The molecule has 1 aliphatic heterocycles. The molecule has 104 valence electrons. The maximum absolute atomic E-state index is 11.8. The van der Waals surface area contributed by atoms with Crippen LogP contribution in [0, 0.1) is 0 Å². The van der Waals surface area contributed by atoms with Crippen LogP contribution in [-0.4, -0.2) is 33.9 Å². The highest BCUT2D eigenvalue weighted by Gasteiger charge is 2.29. The summed E-state index contributed by atoms with van der Waals surface area (Å²) in [5.41, 5.74) is 1.57. The van der Waals surface area contributed by atoms with Crippen molar-refractivity contribution < 1.29 is 14.3 Å². The number of piperidine rings is 1. The summed E-state index contributed by atoms with van der Waals surface area (Å²) in [6.07, 6.45) is 2.47. The maximum atomic E-state index is 11.8. The lowest BCUT2D eigenvalue weighted by Gasteiger charge is -2.20. The van der Waals surface area contributed by atoms with Crippen LogP contribution in [0.15, 0.2) is 17.6 Å². The van der Waals surface area contributed by atoms with E-state index in [-0.39, 0.29) is 11.8 Å². The highest BCUT2D eigenvalue weighted by atomic mass is 32.1. The predicted molar refractivity (Wildman–Crippen MR) is 71.3 cm³/mol. The van der Waals surface area contributed by atoms with Crippen LogP contribution < -0.4 is 10.1 Å². The molecule has 1 atom stereocenters. The van der Waals surface area contributed by atoms with E-state index in [1.807, 2.05) is 11.4 Å². The van der Waals surface area contributed by atoms with Crippen molar-refractivity contribution in [1.29, 1.82) is 0 Å². The number of imide groups is 1. The van der Waals surface area contributed by atoms with E-state index in [4.69, 9.17) is 4.74 Å². The molecule has 0 spiro atoms. The molecule has 1 N–H and O–H groups in total. The first-order chi connectivity index (χ1) is 9.67. The standard InChI is InChI=1S/C12H12N4O3S/c1-19-11-4-7(6-20-11)8-5-16(15-14-8)9-2-3-10(17)13-12(9)18/h4-6,9H,2-3H2,1H3,(H,13,17,18). The van der Waals surface area contributed by atoms with Crippen molar-refractivity contribution >= 4 is 23.2 Å². The van der Waals surface area contributed by atoms with Gasteiger partial charge in [0, 0.05) is 23.4 Å². The fourth-order valence-corrected chi connectivity index (χ4v) is 2.78. The van der Waals surface area contributed by atoms with E-state index >= 15 is 0 Å². The molecule has 1 fully saturated rings. The number of rotatable bonds is 3. The molecule has 3 rings (SSSR count). The summed E-state index contributed by atoms with van der Waals surface area (Å²) >= 11 is 1.47. The molecule has 2 amide bonds. The van der Waals surface area contributed by atoms with Gasteiger partial charge in [-0.05, 0) is 6.42 Å². The van der Waals surface area contributed by atoms with Crippen LogP contribution in [-0.2, 0) is 9.59 Å². The summed E-state index contributed by atoms with van der Waals surface area (Å²) < 4.78 is 6.63. The van der Waals surface area contributed by atoms with Crippen molar-refractivity contribution in [3.63, 3.8) is 0 Å². The number of carbonyl (C=O) groups is 2. The van der Waals surface area contributed by atoms with E-state index in [0.29, 0.717) is 18.5 Å². The lowest BCUT2D eigenvalue weighted by molar-refractivity contribution is -0.136. The van der Waals surface area contributed by atoms with Crippen molar-refractivity contribution in [2.75, 3.05) is 7.11 Å². The van der Waals surface area contributed by atoms with E-state index in [1.54, 1.807) is 13.3 Å². The first-order valence-corrected chi connectivity index (χ1v) is 6.94. The third-order valence-corrected chi connectivity index (χ3v) is 4.00. The zero-order chi connectivity index (χ0) is 14.1. The number of amides is 2. The van der Waals surface area contributed by atoms with Gasteiger partial charge in [-0.3, -0.25) is 14.9 Å². The fourth-order valence-electron chi connectivity index (χ4n) is 2.05. The zero-order valence-electron chi connectivity index (χ0n) is 10.7. The molecule has 0 aromatic carbocycles. The van der Waals surface area contributed by atoms with E-state index in [9.17, 15) is 9.59 Å². The molecular formula is C12H12N4O3S. The van der Waals surface area contributed by atoms with Gasteiger partial charge in [0.15, 0.2) is 5.06 Å². The van der Waals surface area contributed by atoms with Crippen LogP contribution in [0.3, 0.4) is 0 Å². The quantitative estimate of drug-likeness (QED) is 0.853. The van der Waals surface area contributed by atoms with Gasteiger partial charge >= 0.3 is 0 Å². The Hall–Kier alpha value is -2.22. The molecular weight excluding hydrogens is 280 g/mol. The van der Waals surface area contributed by atoms with Gasteiger partial charge in [-0.15, -0.1) is 16.4 Å². The van der Waals surface area contributed by atoms with Crippen molar-refractivity contribution in [1.82, 2.24) is 20.3 Å². The highest BCUT2D eigenvalue weighted by molar-refractivity contribution is 7.12. The van der Waals surface area contributed by atoms with E-state index in [1.165, 1.54) is 16.0 Å². The summed E-state index contributed by atoms with van der Waals surface area (Å²) in [4.78, 5) is 22.9. The molecule has 1 unspecified atom stereocenters. The van der Waals surface area contributed by atoms with Crippen LogP contribution in [0.4, 0.5) is 0 Å². The topological polar surface area (TPSA) is 86.1 Å². The number of nitrogens with zero attached hydrogens (tertiary/aromatic N) is 3. The smallest absolute Gasteiger partial charge is 0.251 e. The molecule has 0 bridgehead atoms. The molecule has 0 aliphatic carbocycles. The monoisotopic (exact) mass is 292 g/mol. The SMILES string of the molecule is COc1cc(-c2cn(C3CCC(=O)NC3=O)nn2)cs1. The summed E-state index contributed by atoms with van der Waals surface area (Å²) in [5.74, 6) is -0.574. The van der Waals surface area contributed by atoms with Crippen LogP contribution in [0.25, 0.3) is 11.3 Å². The molecule has 1 aliphatic rings. The van der Waals surface area contributed by atoms with Gasteiger partial charge in [0.1, 0.15) is 11.7 Å². The Morgan fingerprint density at radius 1 is 1.50 bits per heavy atom. The Morgan fingerprint density at radius 2 is 2.35 bits per heavy atom. The molecule has 0 radical (unpaired) electrons. The first-order valence-electron chi connectivity index (χ1n) is 6.06. The number of nitrogens with one attached hydrogen (secondary N) is 1. The third-order valence-electron chi connectivity index (χ3n) is 3.11. The third kappa shape index (κ3) is 2.29. The number of aromatic nitrogens is 3.